The second kappa shape index (κ2) is 14.2. The number of aryl methyl sites for hydroxylation is 1. The summed E-state index contributed by atoms with van der Waals surface area (Å²) in [5.41, 5.74) is 6.19. The number of ether oxygens (including phenoxy) is 2. The fraction of sp³-hybridized carbons (Fsp3) is 0.286. The van der Waals surface area contributed by atoms with Gasteiger partial charge < -0.3 is 19.7 Å². The highest BCUT2D eigenvalue weighted by Gasteiger charge is 2.13. The van der Waals surface area contributed by atoms with Crippen molar-refractivity contribution in [2.75, 3.05) is 42.4 Å². The molecule has 0 aliphatic rings. The number of nitro benzene ring substituents is 1. The second-order valence-corrected chi connectivity index (χ2v) is 8.60. The Morgan fingerprint density at radius 2 is 2.00 bits per heavy atom. The first-order valence-electron chi connectivity index (χ1n) is 12.5. The third-order valence-electron chi connectivity index (χ3n) is 5.84. The lowest BCUT2D eigenvalue weighted by atomic mass is 10.1. The van der Waals surface area contributed by atoms with Crippen LogP contribution in [0.2, 0.25) is 0 Å². The highest BCUT2D eigenvalue weighted by Crippen LogP contribution is 2.26. The van der Waals surface area contributed by atoms with Gasteiger partial charge in [0.1, 0.15) is 17.4 Å². The number of nitrogens with one attached hydrogen (secondary N) is 2. The molecule has 0 saturated heterocycles. The number of pyridine rings is 1. The number of benzene rings is 2. The Kier molecular flexibility index (Phi) is 10.5. The zero-order valence-corrected chi connectivity index (χ0v) is 22.8. The summed E-state index contributed by atoms with van der Waals surface area (Å²) in [6, 6.07) is 15.1. The van der Waals surface area contributed by atoms with Crippen molar-refractivity contribution in [2.24, 2.45) is 5.10 Å². The van der Waals surface area contributed by atoms with Crippen LogP contribution in [0.5, 0.6) is 5.75 Å². The molecule has 0 unspecified atom stereocenters. The maximum absolute atomic E-state index is 12.6. The molecule has 2 N–H and O–H groups in total. The maximum Gasteiger partial charge on any atom is 0.271 e. The van der Waals surface area contributed by atoms with Gasteiger partial charge in [-0.3, -0.25) is 20.3 Å². The highest BCUT2D eigenvalue weighted by atomic mass is 16.6. The third kappa shape index (κ3) is 7.75. The fourth-order valence-corrected chi connectivity index (χ4v) is 3.96. The van der Waals surface area contributed by atoms with Gasteiger partial charge in [0.15, 0.2) is 12.4 Å². The minimum Gasteiger partial charge on any atom is -0.483 e. The van der Waals surface area contributed by atoms with Gasteiger partial charge in [0.25, 0.3) is 11.6 Å². The quantitative estimate of drug-likeness (QED) is 0.178. The highest BCUT2D eigenvalue weighted by molar-refractivity contribution is 5.92. The van der Waals surface area contributed by atoms with Crippen molar-refractivity contribution in [3.05, 3.63) is 81.0 Å². The lowest BCUT2D eigenvalue weighted by Gasteiger charge is -2.22. The normalized spacial score (nSPS) is 10.7. The predicted molar refractivity (Wildman–Crippen MR) is 153 cm³/mol. The van der Waals surface area contributed by atoms with Crippen LogP contribution in [0.1, 0.15) is 36.2 Å². The SMILES string of the molecule is CCN(CC)c1ccc(/C=N\Nc2nc(C)cc(COC)c2C#N)c(OCC(=O)Nc2cccc([N+](=O)[O-])c2)c1. The van der Waals surface area contributed by atoms with Crippen LogP contribution in [0.15, 0.2) is 53.6 Å². The molecule has 2 aromatic carbocycles. The molecule has 0 atom stereocenters. The smallest absolute Gasteiger partial charge is 0.271 e. The van der Waals surface area contributed by atoms with Gasteiger partial charge in [0.05, 0.1) is 17.7 Å². The van der Waals surface area contributed by atoms with Crippen LogP contribution >= 0.6 is 0 Å². The Hall–Kier alpha value is -5.02. The molecule has 208 valence electrons. The predicted octanol–water partition coefficient (Wildman–Crippen LogP) is 4.63. The third-order valence-corrected chi connectivity index (χ3v) is 5.84. The first-order chi connectivity index (χ1) is 19.3. The topological polar surface area (TPSA) is 155 Å². The summed E-state index contributed by atoms with van der Waals surface area (Å²) in [7, 11) is 1.55. The summed E-state index contributed by atoms with van der Waals surface area (Å²) in [4.78, 5) is 29.6. The summed E-state index contributed by atoms with van der Waals surface area (Å²) < 4.78 is 11.1. The fourth-order valence-electron chi connectivity index (χ4n) is 3.96. The molecule has 0 aliphatic heterocycles. The number of hydrogen-bond acceptors (Lipinski definition) is 10. The Labute approximate surface area is 232 Å². The van der Waals surface area contributed by atoms with Crippen LogP contribution in [0.4, 0.5) is 22.9 Å². The van der Waals surface area contributed by atoms with Crippen LogP contribution in [0, 0.1) is 28.4 Å². The first kappa shape index (κ1) is 29.5. The molecular weight excluding hydrogens is 514 g/mol. The molecule has 0 spiro atoms. The number of carbonyl (C=O) groups is 1. The molecule has 0 fully saturated rings. The molecule has 0 bridgehead atoms. The molecule has 12 nitrogen and oxygen atoms in total. The van der Waals surface area contributed by atoms with E-state index in [4.69, 9.17) is 9.47 Å². The summed E-state index contributed by atoms with van der Waals surface area (Å²) in [6.45, 7) is 7.36. The number of nitriles is 1. The number of methoxy groups -OCH3 is 1. The number of hydrogen-bond donors (Lipinski definition) is 2. The lowest BCUT2D eigenvalue weighted by Crippen LogP contribution is -2.23. The van der Waals surface area contributed by atoms with Gasteiger partial charge in [0, 0.05) is 66.6 Å². The zero-order chi connectivity index (χ0) is 29.1. The van der Waals surface area contributed by atoms with E-state index in [1.807, 2.05) is 39.0 Å². The lowest BCUT2D eigenvalue weighted by molar-refractivity contribution is -0.384. The van der Waals surface area contributed by atoms with E-state index in [0.717, 1.165) is 18.8 Å². The minimum absolute atomic E-state index is 0.131. The van der Waals surface area contributed by atoms with E-state index >= 15 is 0 Å². The summed E-state index contributed by atoms with van der Waals surface area (Å²) in [6.07, 6.45) is 1.51. The number of aromatic nitrogens is 1. The van der Waals surface area contributed by atoms with Gasteiger partial charge in [-0.15, -0.1) is 0 Å². The van der Waals surface area contributed by atoms with Crippen molar-refractivity contribution in [1.29, 1.82) is 5.26 Å². The number of nitrogens with zero attached hydrogens (tertiary/aromatic N) is 5. The van der Waals surface area contributed by atoms with E-state index in [9.17, 15) is 20.2 Å². The van der Waals surface area contributed by atoms with Gasteiger partial charge in [-0.05, 0) is 45.0 Å². The van der Waals surface area contributed by atoms with E-state index in [0.29, 0.717) is 34.0 Å². The molecule has 0 saturated carbocycles. The van der Waals surface area contributed by atoms with Crippen molar-refractivity contribution in [3.63, 3.8) is 0 Å². The van der Waals surface area contributed by atoms with Gasteiger partial charge in [-0.2, -0.15) is 10.4 Å². The number of carbonyl (C=O) groups excluding carboxylic acids is 1. The van der Waals surface area contributed by atoms with Gasteiger partial charge in [-0.1, -0.05) is 6.07 Å². The number of non-ortho nitro benzene ring substituents is 1. The van der Waals surface area contributed by atoms with Crippen LogP contribution < -0.4 is 20.4 Å². The van der Waals surface area contributed by atoms with Crippen LogP contribution in [0.3, 0.4) is 0 Å². The van der Waals surface area contributed by atoms with E-state index in [2.05, 4.69) is 31.8 Å². The Morgan fingerprint density at radius 1 is 1.23 bits per heavy atom. The molecule has 0 radical (unpaired) electrons. The molecule has 1 aromatic heterocycles. The second-order valence-electron chi connectivity index (χ2n) is 8.60. The average molecular weight is 546 g/mol. The standard InChI is InChI=1S/C28H31N7O5/c1-5-34(6-2)23-11-10-20(16-30-33-28-25(15-29)21(17-39-4)12-19(3)31-28)26(14-23)40-18-27(36)32-22-8-7-9-24(13-22)35(37)38/h7-14,16H,5-6,17-18H2,1-4H3,(H,31,33)(H,32,36)/b30-16-. The molecule has 0 aliphatic carbocycles. The summed E-state index contributed by atoms with van der Waals surface area (Å²) in [5.74, 6) is 0.217. The number of hydrazone groups is 1. The molecule has 1 heterocycles. The average Bonchev–Trinajstić information content (AvgIpc) is 2.93. The van der Waals surface area contributed by atoms with E-state index in [1.54, 1.807) is 19.2 Å². The van der Waals surface area contributed by atoms with E-state index < -0.39 is 10.8 Å². The molecule has 40 heavy (non-hydrogen) atoms. The Morgan fingerprint density at radius 3 is 2.67 bits per heavy atom. The number of anilines is 3. The monoisotopic (exact) mass is 545 g/mol. The Balaban J connectivity index is 1.82. The Bertz CT molecular complexity index is 1430. The van der Waals surface area contributed by atoms with E-state index in [-0.39, 0.29) is 24.6 Å². The first-order valence-corrected chi connectivity index (χ1v) is 12.5. The van der Waals surface area contributed by atoms with Gasteiger partial charge in [-0.25, -0.2) is 4.98 Å². The van der Waals surface area contributed by atoms with Gasteiger partial charge >= 0.3 is 0 Å². The van der Waals surface area contributed by atoms with Crippen LogP contribution in [0.25, 0.3) is 0 Å². The van der Waals surface area contributed by atoms with Crippen LogP contribution in [-0.4, -0.2) is 48.8 Å². The molecular formula is C28H31N7O5. The molecule has 3 rings (SSSR count). The molecule has 1 amide bonds. The summed E-state index contributed by atoms with van der Waals surface area (Å²) >= 11 is 0. The minimum atomic E-state index is -0.533. The zero-order valence-electron chi connectivity index (χ0n) is 22.8. The van der Waals surface area contributed by atoms with Crippen molar-refractivity contribution in [3.8, 4) is 11.8 Å². The molecule has 12 heteroatoms. The van der Waals surface area contributed by atoms with Gasteiger partial charge in [0.2, 0.25) is 0 Å². The number of rotatable bonds is 13. The van der Waals surface area contributed by atoms with Crippen molar-refractivity contribution >= 4 is 35.0 Å². The summed E-state index contributed by atoms with van der Waals surface area (Å²) in [5, 5.41) is 27.5. The van der Waals surface area contributed by atoms with Crippen molar-refractivity contribution in [1.82, 2.24) is 4.98 Å². The van der Waals surface area contributed by atoms with E-state index in [1.165, 1.54) is 24.4 Å². The van der Waals surface area contributed by atoms with Crippen LogP contribution in [-0.2, 0) is 16.1 Å². The molecule has 3 aromatic rings. The maximum atomic E-state index is 12.6. The largest absolute Gasteiger partial charge is 0.483 e. The number of nitro groups is 1. The van der Waals surface area contributed by atoms with Crippen molar-refractivity contribution in [2.45, 2.75) is 27.4 Å². The number of amides is 1. The van der Waals surface area contributed by atoms with Crippen molar-refractivity contribution < 1.29 is 19.2 Å².